The van der Waals surface area contributed by atoms with Crippen LogP contribution >= 0.6 is 0 Å². The predicted molar refractivity (Wildman–Crippen MR) is 357 cm³/mol. The van der Waals surface area contributed by atoms with E-state index >= 15 is 0 Å². The van der Waals surface area contributed by atoms with Crippen LogP contribution in [0, 0.1) is 6.92 Å². The Hall–Kier alpha value is -8.99. The zero-order valence-electron chi connectivity index (χ0n) is 56.6. The number of Topliss-reactive ketones (excluding diaryl/α,β-unsaturated/α-hetero) is 2. The number of unbranched alkanes of at least 4 members (excludes halogenated alkanes) is 2. The van der Waals surface area contributed by atoms with Crippen LogP contribution in [0.2, 0.25) is 0 Å². The van der Waals surface area contributed by atoms with Crippen LogP contribution in [0.3, 0.4) is 0 Å². The van der Waals surface area contributed by atoms with E-state index in [2.05, 4.69) is 23.2 Å². The molecule has 6 heterocycles. The topological polar surface area (TPSA) is 428 Å². The molecule has 4 fully saturated rings. The second-order valence-corrected chi connectivity index (χ2v) is 25.5. The Kier molecular flexibility index (Phi) is 25.5. The summed E-state index contributed by atoms with van der Waals surface area (Å²) in [7, 11) is 2.87. The van der Waals surface area contributed by atoms with Crippen molar-refractivity contribution in [2.45, 2.75) is 152 Å². The van der Waals surface area contributed by atoms with E-state index in [4.69, 9.17) is 57.6 Å². The molecule has 6 aliphatic heterocycles. The van der Waals surface area contributed by atoms with Crippen LogP contribution in [0.4, 0.5) is 21.0 Å². The minimum atomic E-state index is -1.69. The number of methoxy groups -OCH3 is 2. The summed E-state index contributed by atoms with van der Waals surface area (Å²) in [5.74, 6) is -1.34. The van der Waals surface area contributed by atoms with Crippen LogP contribution in [-0.2, 0) is 41.6 Å². The van der Waals surface area contributed by atoms with E-state index in [1.54, 1.807) is 13.0 Å². The minimum absolute atomic E-state index is 0.000364. The fraction of sp³-hybridized carbons (Fsp3) is 0.514. The summed E-state index contributed by atoms with van der Waals surface area (Å²) in [5.41, 5.74) is 11.0. The lowest BCUT2D eigenvalue weighted by molar-refractivity contribution is -0.242. The molecule has 32 nitrogen and oxygen atoms in total. The van der Waals surface area contributed by atoms with E-state index in [1.165, 1.54) is 78.6 Å². The van der Waals surface area contributed by atoms with Crippen molar-refractivity contribution < 1.29 is 122 Å². The number of ketones is 2. The second kappa shape index (κ2) is 34.3. The average molecular weight is 1420 g/mol. The Morgan fingerprint density at radius 1 is 0.578 bits per heavy atom. The van der Waals surface area contributed by atoms with Crippen LogP contribution in [0.5, 0.6) is 28.7 Å². The zero-order valence-corrected chi connectivity index (χ0v) is 56.6. The number of amides is 4. The zero-order chi connectivity index (χ0) is 73.1. The quantitative estimate of drug-likeness (QED) is 0.00878. The van der Waals surface area contributed by atoms with Gasteiger partial charge in [-0.1, -0.05) is 41.6 Å². The number of ether oxygens (including phenoxy) is 11. The largest absolute Gasteiger partial charge is 0.493 e. The number of fused-ring (bicyclic) bond motifs is 4. The molecule has 8 N–H and O–H groups in total. The van der Waals surface area contributed by atoms with Gasteiger partial charge in [-0.05, 0) is 110 Å². The smallest absolute Gasteiger partial charge is 0.416 e. The second-order valence-electron chi connectivity index (χ2n) is 25.5. The first kappa shape index (κ1) is 75.7. The number of carbonyl (C=O) groups excluding carboxylic acids is 6. The molecule has 0 bridgehead atoms. The highest BCUT2D eigenvalue weighted by atomic mass is 16.7. The molecule has 0 saturated carbocycles. The maximum absolute atomic E-state index is 14.5. The van der Waals surface area contributed by atoms with Gasteiger partial charge < -0.3 is 103 Å². The molecule has 0 radical (unpaired) electrons. The Labute approximate surface area is 586 Å². The van der Waals surface area contributed by atoms with Crippen molar-refractivity contribution in [3.63, 3.8) is 0 Å². The van der Waals surface area contributed by atoms with Crippen LogP contribution in [0.25, 0.3) is 10.4 Å². The normalized spacial score (nSPS) is 24.5. The van der Waals surface area contributed by atoms with Crippen molar-refractivity contribution in [2.75, 3.05) is 89.9 Å². The molecule has 0 aliphatic carbocycles. The summed E-state index contributed by atoms with van der Waals surface area (Å²) >= 11 is 0. The number of nitrogens with zero attached hydrogens (tertiary/aromatic N) is 7. The van der Waals surface area contributed by atoms with E-state index in [9.17, 15) is 69.6 Å². The van der Waals surface area contributed by atoms with Crippen molar-refractivity contribution in [1.29, 1.82) is 0 Å². The van der Waals surface area contributed by atoms with E-state index in [1.807, 2.05) is 0 Å². The lowest BCUT2D eigenvalue weighted by atomic mass is 10.0. The summed E-state index contributed by atoms with van der Waals surface area (Å²) < 4.78 is 63.2. The summed E-state index contributed by atoms with van der Waals surface area (Å²) in [6.07, 6.45) is -15.3. The molecule has 4 aromatic rings. The first-order valence-corrected chi connectivity index (χ1v) is 33.4. The summed E-state index contributed by atoms with van der Waals surface area (Å²) in [4.78, 5) is 92.7. The summed E-state index contributed by atoms with van der Waals surface area (Å²) in [6, 6.07) is 12.7. The third-order valence-corrected chi connectivity index (χ3v) is 18.2. The number of aliphatic hydroxyl groups is 8. The van der Waals surface area contributed by atoms with Crippen LogP contribution < -0.4 is 33.5 Å². The van der Waals surface area contributed by atoms with Crippen LogP contribution in [0.15, 0.2) is 90.1 Å². The monoisotopic (exact) mass is 1420 g/mol. The molecule has 0 spiro atoms. The van der Waals surface area contributed by atoms with Crippen molar-refractivity contribution >= 4 is 46.9 Å². The van der Waals surface area contributed by atoms with Gasteiger partial charge in [-0.2, -0.15) is 0 Å². The molecule has 4 amide bonds. The standard InChI is InChI=1S/C70H85N7O25/c1-37-23-48-65(88)76(69(90)99-33-41-14-16-55(102-68-62(85)60(83)53(81)36-98-68)45(27-41)51(79)12-10-19-94-22-17-72-73-71)46-29-56(39(3)25-42(46)63(86)74(48)31-37)95-20-7-6-8-21-96-58-30-47-43(28-57(58)93-5)64(87)75-32-38(2)24-49(75)66(89)77(47)70(91)100-34-40-13-15-54(44(26-40)50(78)11-9-18-92-4)101-67-61(84)59(82)52(80)35-97-67/h13-16,25-30,48-49,52-53,59-62,65-68,80-85,88-89H,1-2,6-12,17-24,31-36H2,3-5H3/t48-,49-,52+,53+,59-,60-,61+,62+,65?,66?,67-,68-/m0/s1. The van der Waals surface area contributed by atoms with E-state index in [-0.39, 0.29) is 166 Å². The predicted octanol–water partition coefficient (Wildman–Crippen LogP) is 4.66. The minimum Gasteiger partial charge on any atom is -0.493 e. The van der Waals surface area contributed by atoms with Crippen molar-refractivity contribution in [1.82, 2.24) is 9.80 Å². The number of rotatable bonds is 30. The number of hydrogen-bond donors (Lipinski definition) is 8. The van der Waals surface area contributed by atoms with Crippen molar-refractivity contribution in [3.8, 4) is 28.7 Å². The number of aryl methyl sites for hydroxylation is 1. The molecular weight excluding hydrogens is 1340 g/mol. The Bertz CT molecular complexity index is 3810. The molecule has 4 aromatic carbocycles. The van der Waals surface area contributed by atoms with Gasteiger partial charge in [-0.15, -0.1) is 0 Å². The molecule has 0 aromatic heterocycles. The SMILES string of the molecule is C=C1C[C@H]2C(O)N(C(=O)OCc3ccc(O[C@@H]4OC[C@@H](O)[C@H](O)[C@H]4O)c(C(=O)CCCOCCN=[N+]=[N-])c3)c3cc(OCCCCCOc4cc5c(cc4OC)C(=O)N4CC(=C)C[C@H]4C(O)N5C(=O)OCc4ccc(O[C@@H]5OC[C@@H](O)[C@H](O)[C@H]5O)c(C(=O)CCCOC)c4)c(C)cc3C(=O)N2C1. The molecule has 102 heavy (non-hydrogen) atoms. The highest BCUT2D eigenvalue weighted by molar-refractivity contribution is 6.07. The van der Waals surface area contributed by atoms with E-state index in [0.29, 0.717) is 48.0 Å². The number of azide groups is 1. The Morgan fingerprint density at radius 2 is 1.06 bits per heavy atom. The third-order valence-electron chi connectivity index (χ3n) is 18.2. The number of benzene rings is 4. The lowest BCUT2D eigenvalue weighted by Crippen LogP contribution is -2.54. The van der Waals surface area contributed by atoms with Gasteiger partial charge in [0.1, 0.15) is 67.1 Å². The van der Waals surface area contributed by atoms with E-state index in [0.717, 1.165) is 9.80 Å². The highest BCUT2D eigenvalue weighted by Crippen LogP contribution is 2.44. The van der Waals surface area contributed by atoms with Gasteiger partial charge in [-0.3, -0.25) is 19.2 Å². The number of carbonyl (C=O) groups is 6. The molecule has 550 valence electrons. The molecule has 32 heteroatoms. The number of anilines is 2. The van der Waals surface area contributed by atoms with Crippen molar-refractivity contribution in [2.24, 2.45) is 5.11 Å². The van der Waals surface area contributed by atoms with Crippen LogP contribution in [-0.4, -0.2) is 240 Å². The first-order chi connectivity index (χ1) is 49.0. The van der Waals surface area contributed by atoms with E-state index < -0.39 is 123 Å². The van der Waals surface area contributed by atoms with Crippen molar-refractivity contribution in [3.05, 3.63) is 134 Å². The Balaban J connectivity index is 0.806. The molecule has 12 atom stereocenters. The number of aliphatic hydroxyl groups excluding tert-OH is 8. The van der Waals surface area contributed by atoms with Gasteiger partial charge in [0, 0.05) is 69.8 Å². The maximum Gasteiger partial charge on any atom is 0.416 e. The van der Waals surface area contributed by atoms with Gasteiger partial charge in [0.05, 0.1) is 85.9 Å². The summed E-state index contributed by atoms with van der Waals surface area (Å²) in [5, 5.41) is 89.5. The first-order valence-electron chi connectivity index (χ1n) is 33.4. The van der Waals surface area contributed by atoms with Gasteiger partial charge in [0.2, 0.25) is 12.6 Å². The average Bonchev–Trinajstić information content (AvgIpc) is 1.60. The Morgan fingerprint density at radius 3 is 1.55 bits per heavy atom. The molecule has 6 aliphatic rings. The lowest BCUT2D eigenvalue weighted by Gasteiger charge is -2.35. The summed E-state index contributed by atoms with van der Waals surface area (Å²) in [6.45, 7) is 9.29. The molecule has 10 rings (SSSR count). The van der Waals surface area contributed by atoms with Crippen LogP contribution in [0.1, 0.15) is 116 Å². The molecule has 4 saturated heterocycles. The fourth-order valence-electron chi connectivity index (χ4n) is 12.8. The number of hydrogen-bond acceptors (Lipinski definition) is 26. The maximum atomic E-state index is 14.5. The third kappa shape index (κ3) is 17.2. The van der Waals surface area contributed by atoms with Gasteiger partial charge in [0.25, 0.3) is 11.8 Å². The van der Waals surface area contributed by atoms with Gasteiger partial charge in [-0.25, -0.2) is 19.4 Å². The molecule has 2 unspecified atom stereocenters. The highest BCUT2D eigenvalue weighted by Gasteiger charge is 2.49. The van der Waals surface area contributed by atoms with Gasteiger partial charge in [0.15, 0.2) is 35.5 Å². The fourth-order valence-corrected chi connectivity index (χ4v) is 12.8. The van der Waals surface area contributed by atoms with Gasteiger partial charge >= 0.3 is 12.2 Å². The molecular formula is C70H85N7O25.